The number of hydrogen-bond donors (Lipinski definition) is 0. The third-order valence-electron chi connectivity index (χ3n) is 6.43. The zero-order valence-corrected chi connectivity index (χ0v) is 27.5. The van der Waals surface area contributed by atoms with E-state index in [2.05, 4.69) is 19.7 Å². The van der Waals surface area contributed by atoms with E-state index in [1.807, 2.05) is 0 Å². The van der Waals surface area contributed by atoms with Gasteiger partial charge in [-0.2, -0.15) is 0 Å². The lowest BCUT2D eigenvalue weighted by Gasteiger charge is -2.35. The third kappa shape index (κ3) is 19.1. The van der Waals surface area contributed by atoms with Crippen LogP contribution < -0.4 is 0 Å². The molecule has 1 rings (SSSR count). The number of rotatable bonds is 24. The van der Waals surface area contributed by atoms with Gasteiger partial charge in [0.2, 0.25) is 6.29 Å². The van der Waals surface area contributed by atoms with Crippen LogP contribution in [0.25, 0.3) is 0 Å². The Hall–Kier alpha value is -3.55. The van der Waals surface area contributed by atoms with E-state index in [1.54, 1.807) is 20.8 Å². The minimum Gasteiger partial charge on any atom is -0.462 e. The minimum absolute atomic E-state index is 0.0513. The third-order valence-corrected chi connectivity index (χ3v) is 6.43. The summed E-state index contributed by atoms with van der Waals surface area (Å²) >= 11 is 0. The van der Waals surface area contributed by atoms with Crippen molar-refractivity contribution in [1.29, 1.82) is 0 Å². The lowest BCUT2D eigenvalue weighted by molar-refractivity contribution is -0.242. The van der Waals surface area contributed by atoms with Crippen molar-refractivity contribution in [3.05, 3.63) is 36.5 Å². The minimum atomic E-state index is -0.904. The summed E-state index contributed by atoms with van der Waals surface area (Å²) in [4.78, 5) is 59.2. The number of ether oxygens (including phenoxy) is 8. The van der Waals surface area contributed by atoms with Crippen molar-refractivity contribution in [3.63, 3.8) is 0 Å². The molecular formula is C33H50O13. The standard InChI is InChI=1S/C33H50O13/c1-23(2)31(36)40-17-11-7-10-16-39-22-44-26-20-30(46-29(35)15-9-13-19-42-33(38)25(5)6)43-21-27(26)45-28(34)14-8-12-18-41-32(37)24(3)4/h26-27,30H,1,3,5,7-22H2,2,4,6H3/t26-,27+,30?/m0/s1. The van der Waals surface area contributed by atoms with Gasteiger partial charge < -0.3 is 37.9 Å². The molecule has 0 bridgehead atoms. The van der Waals surface area contributed by atoms with E-state index in [9.17, 15) is 24.0 Å². The van der Waals surface area contributed by atoms with Gasteiger partial charge in [-0.3, -0.25) is 9.59 Å². The lowest BCUT2D eigenvalue weighted by Crippen LogP contribution is -2.47. The molecule has 13 heteroatoms. The van der Waals surface area contributed by atoms with Crippen molar-refractivity contribution in [2.24, 2.45) is 0 Å². The largest absolute Gasteiger partial charge is 0.462 e. The van der Waals surface area contributed by atoms with Gasteiger partial charge in [-0.25, -0.2) is 14.4 Å². The molecule has 0 amide bonds. The summed E-state index contributed by atoms with van der Waals surface area (Å²) < 4.78 is 43.3. The Morgan fingerprint density at radius 1 is 0.609 bits per heavy atom. The summed E-state index contributed by atoms with van der Waals surface area (Å²) in [5.74, 6) is -2.32. The van der Waals surface area contributed by atoms with Crippen LogP contribution in [0.5, 0.6) is 0 Å². The number of carbonyl (C=O) groups is 5. The van der Waals surface area contributed by atoms with E-state index in [0.717, 1.165) is 6.42 Å². The molecule has 0 aromatic heterocycles. The monoisotopic (exact) mass is 654 g/mol. The molecule has 1 aliphatic rings. The maximum Gasteiger partial charge on any atom is 0.333 e. The number of unbranched alkanes of at least 4 members (excludes halogenated alkanes) is 4. The maximum absolute atomic E-state index is 12.5. The average molecular weight is 655 g/mol. The first kappa shape index (κ1) is 40.5. The topological polar surface area (TPSA) is 159 Å². The van der Waals surface area contributed by atoms with Gasteiger partial charge >= 0.3 is 29.8 Å². The highest BCUT2D eigenvalue weighted by atomic mass is 16.7. The average Bonchev–Trinajstić information content (AvgIpc) is 3.00. The van der Waals surface area contributed by atoms with Crippen molar-refractivity contribution in [2.75, 3.05) is 39.8 Å². The molecule has 0 spiro atoms. The van der Waals surface area contributed by atoms with Crippen LogP contribution in [0.1, 0.15) is 85.0 Å². The van der Waals surface area contributed by atoms with Gasteiger partial charge in [-0.05, 0) is 65.7 Å². The van der Waals surface area contributed by atoms with E-state index < -0.39 is 48.3 Å². The highest BCUT2D eigenvalue weighted by Crippen LogP contribution is 2.23. The Balaban J connectivity index is 2.49. The van der Waals surface area contributed by atoms with Gasteiger partial charge in [0.1, 0.15) is 12.9 Å². The molecule has 1 unspecified atom stereocenters. The van der Waals surface area contributed by atoms with Gasteiger partial charge in [-0.15, -0.1) is 0 Å². The number of hydrogen-bond acceptors (Lipinski definition) is 13. The smallest absolute Gasteiger partial charge is 0.333 e. The molecule has 0 saturated carbocycles. The van der Waals surface area contributed by atoms with Crippen molar-refractivity contribution in [2.45, 2.75) is 103 Å². The fraction of sp³-hybridized carbons (Fsp3) is 0.667. The molecule has 0 aromatic rings. The van der Waals surface area contributed by atoms with Gasteiger partial charge in [0.25, 0.3) is 0 Å². The van der Waals surface area contributed by atoms with Crippen LogP contribution in [0.4, 0.5) is 0 Å². The summed E-state index contributed by atoms with van der Waals surface area (Å²) in [5, 5.41) is 0. The van der Waals surface area contributed by atoms with Crippen LogP contribution in [0.15, 0.2) is 36.5 Å². The van der Waals surface area contributed by atoms with Gasteiger partial charge in [0, 0.05) is 42.6 Å². The lowest BCUT2D eigenvalue weighted by atomic mass is 10.1. The first-order chi connectivity index (χ1) is 21.9. The number of esters is 5. The quantitative estimate of drug-likeness (QED) is 0.0474. The predicted molar refractivity (Wildman–Crippen MR) is 165 cm³/mol. The highest BCUT2D eigenvalue weighted by molar-refractivity contribution is 5.87. The summed E-state index contributed by atoms with van der Waals surface area (Å²) in [5.41, 5.74) is 0.967. The van der Waals surface area contributed by atoms with Gasteiger partial charge in [-0.1, -0.05) is 19.7 Å². The molecule has 1 fully saturated rings. The summed E-state index contributed by atoms with van der Waals surface area (Å²) in [6, 6.07) is 0. The van der Waals surface area contributed by atoms with Gasteiger partial charge in [0.05, 0.1) is 26.4 Å². The van der Waals surface area contributed by atoms with Crippen molar-refractivity contribution < 1.29 is 61.9 Å². The zero-order chi connectivity index (χ0) is 34.3. The molecule has 1 saturated heterocycles. The maximum atomic E-state index is 12.5. The summed E-state index contributed by atoms with van der Waals surface area (Å²) in [6.45, 7) is 16.2. The van der Waals surface area contributed by atoms with E-state index in [1.165, 1.54) is 0 Å². The first-order valence-electron chi connectivity index (χ1n) is 15.6. The van der Waals surface area contributed by atoms with Crippen LogP contribution >= 0.6 is 0 Å². The Morgan fingerprint density at radius 3 is 1.57 bits per heavy atom. The Bertz CT molecular complexity index is 1030. The highest BCUT2D eigenvalue weighted by Gasteiger charge is 2.36. The van der Waals surface area contributed by atoms with Crippen LogP contribution in [-0.2, 0) is 61.9 Å². The Kier molecular flexibility index (Phi) is 20.9. The van der Waals surface area contributed by atoms with Crippen LogP contribution in [0, 0.1) is 0 Å². The zero-order valence-electron chi connectivity index (χ0n) is 27.5. The van der Waals surface area contributed by atoms with E-state index in [0.29, 0.717) is 68.5 Å². The van der Waals surface area contributed by atoms with Crippen LogP contribution in [0.3, 0.4) is 0 Å². The molecule has 0 aromatic carbocycles. The van der Waals surface area contributed by atoms with Crippen molar-refractivity contribution in [1.82, 2.24) is 0 Å². The first-order valence-corrected chi connectivity index (χ1v) is 15.6. The molecule has 13 nitrogen and oxygen atoms in total. The normalized spacial score (nSPS) is 17.3. The Labute approximate surface area is 271 Å². The molecule has 260 valence electrons. The van der Waals surface area contributed by atoms with Crippen molar-refractivity contribution >= 4 is 29.8 Å². The predicted octanol–water partition coefficient (Wildman–Crippen LogP) is 4.42. The van der Waals surface area contributed by atoms with Gasteiger partial charge in [0.15, 0.2) is 6.10 Å². The van der Waals surface area contributed by atoms with E-state index in [4.69, 9.17) is 37.9 Å². The van der Waals surface area contributed by atoms with Crippen molar-refractivity contribution in [3.8, 4) is 0 Å². The number of carbonyl (C=O) groups excluding carboxylic acids is 5. The molecule has 1 heterocycles. The molecular weight excluding hydrogens is 604 g/mol. The second-order valence-electron chi connectivity index (χ2n) is 11.0. The molecule has 0 radical (unpaired) electrons. The second kappa shape index (κ2) is 23.7. The molecule has 3 atom stereocenters. The molecule has 1 aliphatic heterocycles. The fourth-order valence-corrected chi connectivity index (χ4v) is 3.80. The van der Waals surface area contributed by atoms with E-state index in [-0.39, 0.29) is 45.9 Å². The Morgan fingerprint density at radius 2 is 1.07 bits per heavy atom. The molecule has 0 aliphatic carbocycles. The SMILES string of the molecule is C=C(C)C(=O)OCCCCCOCO[C@H]1CC(OC(=O)CCCCOC(=O)C(=C)C)OC[C@H]1OC(=O)CCCCOC(=O)C(=C)C. The summed E-state index contributed by atoms with van der Waals surface area (Å²) in [6.07, 6.45) is 2.05. The molecule has 0 N–H and O–H groups in total. The van der Waals surface area contributed by atoms with E-state index >= 15 is 0 Å². The second-order valence-corrected chi connectivity index (χ2v) is 11.0. The molecule has 46 heavy (non-hydrogen) atoms. The van der Waals surface area contributed by atoms with Crippen LogP contribution in [0.2, 0.25) is 0 Å². The van der Waals surface area contributed by atoms with Crippen LogP contribution in [-0.4, -0.2) is 88.2 Å². The fourth-order valence-electron chi connectivity index (χ4n) is 3.80. The summed E-state index contributed by atoms with van der Waals surface area (Å²) in [7, 11) is 0.